The number of rotatable bonds is 7. The summed E-state index contributed by atoms with van der Waals surface area (Å²) in [5, 5.41) is 5.55. The van der Waals surface area contributed by atoms with E-state index in [-0.39, 0.29) is 29.0 Å². The Morgan fingerprint density at radius 2 is 1.93 bits per heavy atom. The molecule has 0 aliphatic rings. The molecule has 0 aliphatic heterocycles. The molecule has 0 spiro atoms. The molecular formula is C20H23ClFN3O2. The van der Waals surface area contributed by atoms with Gasteiger partial charge in [0.05, 0.1) is 16.6 Å². The lowest BCUT2D eigenvalue weighted by molar-refractivity contribution is -0.118. The molecule has 0 fully saturated rings. The molecule has 27 heavy (non-hydrogen) atoms. The van der Waals surface area contributed by atoms with E-state index in [4.69, 9.17) is 17.3 Å². The molecule has 2 unspecified atom stereocenters. The highest BCUT2D eigenvalue weighted by Crippen LogP contribution is 2.21. The zero-order valence-corrected chi connectivity index (χ0v) is 16.0. The summed E-state index contributed by atoms with van der Waals surface area (Å²) in [7, 11) is 0. The number of halogens is 2. The van der Waals surface area contributed by atoms with Crippen molar-refractivity contribution in [3.8, 4) is 0 Å². The van der Waals surface area contributed by atoms with E-state index in [1.807, 2.05) is 13.8 Å². The van der Waals surface area contributed by atoms with Gasteiger partial charge < -0.3 is 16.4 Å². The van der Waals surface area contributed by atoms with Crippen LogP contribution in [0.5, 0.6) is 0 Å². The van der Waals surface area contributed by atoms with Crippen molar-refractivity contribution in [1.29, 1.82) is 0 Å². The van der Waals surface area contributed by atoms with E-state index in [1.165, 1.54) is 18.2 Å². The van der Waals surface area contributed by atoms with Crippen LogP contribution >= 0.6 is 11.6 Å². The van der Waals surface area contributed by atoms with Gasteiger partial charge in [-0.25, -0.2) is 4.39 Å². The minimum Gasteiger partial charge on any atom is -0.348 e. The number of hydrogen-bond donors (Lipinski definition) is 3. The molecule has 2 rings (SSSR count). The highest BCUT2D eigenvalue weighted by Gasteiger charge is 2.20. The quantitative estimate of drug-likeness (QED) is 0.672. The third-order valence-corrected chi connectivity index (χ3v) is 4.77. The number of hydrogen-bond acceptors (Lipinski definition) is 3. The Morgan fingerprint density at radius 1 is 1.22 bits per heavy atom. The molecule has 2 amide bonds. The molecule has 2 aromatic carbocycles. The lowest BCUT2D eigenvalue weighted by Crippen LogP contribution is -2.40. The van der Waals surface area contributed by atoms with Crippen molar-refractivity contribution >= 4 is 29.1 Å². The van der Waals surface area contributed by atoms with E-state index in [0.717, 1.165) is 6.42 Å². The SMILES string of the molecule is CCC(C)C(N)C(=O)Nc1ccc(Cl)c(C(=O)NCc2ccccc2F)c1. The van der Waals surface area contributed by atoms with Gasteiger partial charge in [-0.1, -0.05) is 50.1 Å². The van der Waals surface area contributed by atoms with Gasteiger partial charge in [-0.05, 0) is 30.2 Å². The number of nitrogens with one attached hydrogen (secondary N) is 2. The third-order valence-electron chi connectivity index (χ3n) is 4.44. The molecule has 0 aromatic heterocycles. The molecule has 2 aromatic rings. The summed E-state index contributed by atoms with van der Waals surface area (Å²) in [6.45, 7) is 3.88. The van der Waals surface area contributed by atoms with Crippen molar-refractivity contribution in [2.45, 2.75) is 32.9 Å². The van der Waals surface area contributed by atoms with Crippen molar-refractivity contribution in [1.82, 2.24) is 5.32 Å². The van der Waals surface area contributed by atoms with Crippen LogP contribution in [-0.2, 0) is 11.3 Å². The molecule has 0 heterocycles. The lowest BCUT2D eigenvalue weighted by atomic mass is 9.99. The molecular weight excluding hydrogens is 369 g/mol. The highest BCUT2D eigenvalue weighted by atomic mass is 35.5. The van der Waals surface area contributed by atoms with Gasteiger partial charge in [-0.15, -0.1) is 0 Å². The number of benzene rings is 2. The van der Waals surface area contributed by atoms with Crippen molar-refractivity contribution in [2.24, 2.45) is 11.7 Å². The van der Waals surface area contributed by atoms with Gasteiger partial charge in [0.2, 0.25) is 5.91 Å². The van der Waals surface area contributed by atoms with Gasteiger partial charge >= 0.3 is 0 Å². The monoisotopic (exact) mass is 391 g/mol. The van der Waals surface area contributed by atoms with Crippen LogP contribution in [0.2, 0.25) is 5.02 Å². The van der Waals surface area contributed by atoms with Gasteiger partial charge in [-0.2, -0.15) is 0 Å². The number of nitrogens with two attached hydrogens (primary N) is 1. The van der Waals surface area contributed by atoms with Gasteiger partial charge in [0.1, 0.15) is 5.82 Å². The van der Waals surface area contributed by atoms with Crippen LogP contribution < -0.4 is 16.4 Å². The molecule has 2 atom stereocenters. The summed E-state index contributed by atoms with van der Waals surface area (Å²) in [5.74, 6) is -1.17. The van der Waals surface area contributed by atoms with Crippen LogP contribution in [0.15, 0.2) is 42.5 Å². The fraction of sp³-hybridized carbons (Fsp3) is 0.300. The van der Waals surface area contributed by atoms with E-state index < -0.39 is 17.8 Å². The van der Waals surface area contributed by atoms with Gasteiger partial charge in [0.15, 0.2) is 0 Å². The Bertz CT molecular complexity index is 829. The minimum absolute atomic E-state index is 0.0251. The highest BCUT2D eigenvalue weighted by molar-refractivity contribution is 6.34. The normalized spacial score (nSPS) is 12.9. The molecule has 0 saturated heterocycles. The zero-order valence-electron chi connectivity index (χ0n) is 15.3. The molecule has 4 N–H and O–H groups in total. The number of carbonyl (C=O) groups excluding carboxylic acids is 2. The van der Waals surface area contributed by atoms with Crippen molar-refractivity contribution in [2.75, 3.05) is 5.32 Å². The average molecular weight is 392 g/mol. The molecule has 0 bridgehead atoms. The minimum atomic E-state index is -0.649. The van der Waals surface area contributed by atoms with E-state index in [2.05, 4.69) is 10.6 Å². The first kappa shape index (κ1) is 20.9. The summed E-state index contributed by atoms with van der Waals surface area (Å²) in [6, 6.07) is 10.1. The fourth-order valence-electron chi connectivity index (χ4n) is 2.43. The summed E-state index contributed by atoms with van der Waals surface area (Å²) in [6.07, 6.45) is 0.777. The summed E-state index contributed by atoms with van der Waals surface area (Å²) in [4.78, 5) is 24.6. The maximum atomic E-state index is 13.7. The first-order valence-electron chi connectivity index (χ1n) is 8.71. The number of amides is 2. The molecule has 7 heteroatoms. The van der Waals surface area contributed by atoms with Crippen LogP contribution in [0.25, 0.3) is 0 Å². The summed E-state index contributed by atoms with van der Waals surface area (Å²) in [5.41, 5.74) is 6.89. The largest absolute Gasteiger partial charge is 0.348 e. The lowest BCUT2D eigenvalue weighted by Gasteiger charge is -2.18. The smallest absolute Gasteiger partial charge is 0.253 e. The Hall–Kier alpha value is -2.44. The second-order valence-corrected chi connectivity index (χ2v) is 6.78. The van der Waals surface area contributed by atoms with Crippen LogP contribution in [0.3, 0.4) is 0 Å². The first-order chi connectivity index (χ1) is 12.8. The van der Waals surface area contributed by atoms with Crippen LogP contribution in [0, 0.1) is 11.7 Å². The Morgan fingerprint density at radius 3 is 2.59 bits per heavy atom. The standard InChI is InChI=1S/C20H23ClFN3O2/c1-3-12(2)18(23)20(27)25-14-8-9-16(21)15(10-14)19(26)24-11-13-6-4-5-7-17(13)22/h4-10,12,18H,3,11,23H2,1-2H3,(H,24,26)(H,25,27). The maximum absolute atomic E-state index is 13.7. The third kappa shape index (κ3) is 5.52. The predicted molar refractivity (Wildman–Crippen MR) is 105 cm³/mol. The van der Waals surface area contributed by atoms with Gasteiger partial charge in [0.25, 0.3) is 5.91 Å². The topological polar surface area (TPSA) is 84.2 Å². The van der Waals surface area contributed by atoms with Crippen LogP contribution in [0.1, 0.15) is 36.2 Å². The number of carbonyl (C=O) groups is 2. The average Bonchev–Trinajstić information content (AvgIpc) is 2.67. The Kier molecular flexibility index (Phi) is 7.33. The second kappa shape index (κ2) is 9.48. The van der Waals surface area contributed by atoms with Crippen molar-refractivity contribution in [3.05, 3.63) is 64.4 Å². The molecule has 5 nitrogen and oxygen atoms in total. The summed E-state index contributed by atoms with van der Waals surface area (Å²) < 4.78 is 13.7. The molecule has 0 radical (unpaired) electrons. The molecule has 144 valence electrons. The van der Waals surface area contributed by atoms with Crippen LogP contribution in [-0.4, -0.2) is 17.9 Å². The number of anilines is 1. The second-order valence-electron chi connectivity index (χ2n) is 6.37. The molecule has 0 aliphatic carbocycles. The van der Waals surface area contributed by atoms with E-state index >= 15 is 0 Å². The first-order valence-corrected chi connectivity index (χ1v) is 9.08. The zero-order chi connectivity index (χ0) is 20.0. The Balaban J connectivity index is 2.08. The van der Waals surface area contributed by atoms with Crippen molar-refractivity contribution in [3.63, 3.8) is 0 Å². The van der Waals surface area contributed by atoms with E-state index in [0.29, 0.717) is 11.3 Å². The van der Waals surface area contributed by atoms with E-state index in [9.17, 15) is 14.0 Å². The fourth-order valence-corrected chi connectivity index (χ4v) is 2.63. The van der Waals surface area contributed by atoms with Gasteiger partial charge in [0, 0.05) is 17.8 Å². The van der Waals surface area contributed by atoms with E-state index in [1.54, 1.807) is 24.3 Å². The van der Waals surface area contributed by atoms with Crippen LogP contribution in [0.4, 0.5) is 10.1 Å². The van der Waals surface area contributed by atoms with Crippen molar-refractivity contribution < 1.29 is 14.0 Å². The predicted octanol–water partition coefficient (Wildman–Crippen LogP) is 3.72. The van der Waals surface area contributed by atoms with Gasteiger partial charge in [-0.3, -0.25) is 9.59 Å². The Labute approximate surface area is 163 Å². The summed E-state index contributed by atoms with van der Waals surface area (Å²) >= 11 is 6.10. The maximum Gasteiger partial charge on any atom is 0.253 e. The molecule has 0 saturated carbocycles.